The largest absolute Gasteiger partial charge is 0.316 e. The Hall–Kier alpha value is -0.0400. The Bertz CT molecular complexity index is 57.1. The van der Waals surface area contributed by atoms with E-state index in [1.165, 1.54) is 6.42 Å². The van der Waals surface area contributed by atoms with Crippen LogP contribution < -0.4 is 5.31 Å². The third-order valence-corrected chi connectivity index (χ3v) is 1.22. The molecule has 0 aromatic rings. The summed E-state index contributed by atoms with van der Waals surface area (Å²) in [6, 6.07) is 0. The summed E-state index contributed by atoms with van der Waals surface area (Å²) < 4.78 is 7.10. The molecule has 0 aromatic heterocycles. The monoisotopic (exact) mass is 87.1 g/mol. The summed E-state index contributed by atoms with van der Waals surface area (Å²) in [6.45, 7) is 4.13. The van der Waals surface area contributed by atoms with Crippen LogP contribution >= 0.6 is 0 Å². The van der Waals surface area contributed by atoms with E-state index < -0.39 is 0 Å². The third kappa shape index (κ3) is 0.716. The van der Waals surface area contributed by atoms with Crippen molar-refractivity contribution in [3.8, 4) is 0 Å². The minimum Gasteiger partial charge on any atom is -0.316 e. The SMILES string of the molecule is [3H]N1CCC(C)C1. The molecule has 1 saturated heterocycles. The molecule has 0 spiro atoms. The molecule has 1 unspecified atom stereocenters. The molecule has 0 radical (unpaired) electrons. The first-order valence-corrected chi connectivity index (χ1v) is 2.53. The average Bonchev–Trinajstić information content (AvgIpc) is 1.87. The lowest BCUT2D eigenvalue weighted by Crippen LogP contribution is -2.06. The Kier molecular flexibility index (Phi) is 0.810. The molecule has 0 bridgehead atoms. The molecule has 1 nitrogen and oxygen atoms in total. The zero-order chi connectivity index (χ0) is 5.28. The zero-order valence-electron chi connectivity index (χ0n) is 5.15. The van der Waals surface area contributed by atoms with Crippen LogP contribution in [0.4, 0.5) is 0 Å². The van der Waals surface area contributed by atoms with Gasteiger partial charge in [0.25, 0.3) is 0 Å². The molecule has 1 heteroatoms. The Morgan fingerprint density at radius 2 is 2.83 bits per heavy atom. The van der Waals surface area contributed by atoms with Crippen molar-refractivity contribution in [3.05, 3.63) is 0 Å². The first-order chi connectivity index (χ1) is 3.29. The number of hydrogen-bond acceptors (Lipinski definition) is 1. The molecule has 0 amide bonds. The lowest BCUT2D eigenvalue weighted by Gasteiger charge is -1.90. The van der Waals surface area contributed by atoms with Gasteiger partial charge in [-0.3, -0.25) is 0 Å². The van der Waals surface area contributed by atoms with Crippen LogP contribution in [0.25, 0.3) is 0 Å². The average molecular weight is 87.2 g/mol. The second-order valence-corrected chi connectivity index (χ2v) is 2.02. The van der Waals surface area contributed by atoms with E-state index in [0.29, 0.717) is 0 Å². The molecular formula is C5H11N. The van der Waals surface area contributed by atoms with E-state index in [-0.39, 0.29) is 0 Å². The fourth-order valence-electron chi connectivity index (χ4n) is 0.715. The van der Waals surface area contributed by atoms with Crippen LogP contribution in [-0.2, 0) is 0 Å². The normalized spacial score (nSPS) is 40.2. The lowest BCUT2D eigenvalue weighted by molar-refractivity contribution is 0.651. The molecule has 1 fully saturated rings. The Morgan fingerprint density at radius 1 is 2.00 bits per heavy atom. The Labute approximate surface area is 40.2 Å². The lowest BCUT2D eigenvalue weighted by atomic mass is 10.2. The van der Waals surface area contributed by atoms with Crippen LogP contribution in [0, 0.1) is 5.92 Å². The van der Waals surface area contributed by atoms with Crippen molar-refractivity contribution < 1.29 is 1.41 Å². The topological polar surface area (TPSA) is 12.0 Å². The summed E-state index contributed by atoms with van der Waals surface area (Å²) in [6.07, 6.45) is 1.21. The molecule has 1 rings (SSSR count). The third-order valence-electron chi connectivity index (χ3n) is 1.22. The molecule has 0 saturated carbocycles. The van der Waals surface area contributed by atoms with E-state index in [9.17, 15) is 0 Å². The zero-order valence-corrected chi connectivity index (χ0v) is 4.15. The second-order valence-electron chi connectivity index (χ2n) is 2.02. The summed E-state index contributed by atoms with van der Waals surface area (Å²) in [7, 11) is 0. The van der Waals surface area contributed by atoms with Crippen LogP contribution in [0.15, 0.2) is 0 Å². The maximum absolute atomic E-state index is 7.10. The van der Waals surface area contributed by atoms with Gasteiger partial charge in [-0.05, 0) is 25.4 Å². The highest BCUT2D eigenvalue weighted by Gasteiger charge is 2.06. The summed E-state index contributed by atoms with van der Waals surface area (Å²) >= 11 is 0. The van der Waals surface area contributed by atoms with Crippen molar-refractivity contribution in [2.75, 3.05) is 13.1 Å². The maximum atomic E-state index is 7.10. The van der Waals surface area contributed by atoms with Crippen molar-refractivity contribution in [1.82, 2.24) is 5.31 Å². The van der Waals surface area contributed by atoms with Crippen molar-refractivity contribution in [3.63, 3.8) is 0 Å². The molecule has 1 aliphatic heterocycles. The first-order valence-electron chi connectivity index (χ1n) is 2.97. The molecular weight excluding hydrogens is 74.1 g/mol. The van der Waals surface area contributed by atoms with Crippen molar-refractivity contribution in [2.45, 2.75) is 13.3 Å². The van der Waals surface area contributed by atoms with Gasteiger partial charge in [0.2, 0.25) is 0 Å². The van der Waals surface area contributed by atoms with Gasteiger partial charge in [0.1, 0.15) is 1.41 Å². The molecule has 36 valence electrons. The van der Waals surface area contributed by atoms with E-state index in [0.717, 1.165) is 19.0 Å². The van der Waals surface area contributed by atoms with Gasteiger partial charge in [0.15, 0.2) is 0 Å². The molecule has 0 aromatic carbocycles. The Balaban J connectivity index is 2.26. The quantitative estimate of drug-likeness (QED) is 0.456. The fourth-order valence-corrected chi connectivity index (χ4v) is 0.715. The first kappa shape index (κ1) is 3.03. The molecule has 0 aliphatic carbocycles. The van der Waals surface area contributed by atoms with Gasteiger partial charge in [-0.15, -0.1) is 0 Å². The van der Waals surface area contributed by atoms with Crippen LogP contribution in [0.5, 0.6) is 0 Å². The predicted octanol–water partition coefficient (Wildman–Crippen LogP) is 0.616. The summed E-state index contributed by atoms with van der Waals surface area (Å²) in [5.74, 6) is 0.762. The van der Waals surface area contributed by atoms with E-state index in [2.05, 4.69) is 6.92 Å². The highest BCUT2D eigenvalue weighted by molar-refractivity contribution is 4.65. The van der Waals surface area contributed by atoms with Gasteiger partial charge in [-0.25, -0.2) is 0 Å². The number of nitrogens with one attached hydrogen (secondary N) is 1. The van der Waals surface area contributed by atoms with Crippen LogP contribution in [0.2, 0.25) is 1.41 Å². The van der Waals surface area contributed by atoms with Gasteiger partial charge in [-0.2, -0.15) is 0 Å². The van der Waals surface area contributed by atoms with E-state index in [1.54, 1.807) is 5.31 Å². The maximum Gasteiger partial charge on any atom is 0.122 e. The highest BCUT2D eigenvalue weighted by atomic mass is 14.9. The van der Waals surface area contributed by atoms with E-state index in [4.69, 9.17) is 1.41 Å². The van der Waals surface area contributed by atoms with Gasteiger partial charge in [0, 0.05) is 0 Å². The summed E-state index contributed by atoms with van der Waals surface area (Å²) in [5.41, 5.74) is 0. The van der Waals surface area contributed by atoms with E-state index >= 15 is 0 Å². The van der Waals surface area contributed by atoms with Gasteiger partial charge in [-0.1, -0.05) is 6.92 Å². The minimum absolute atomic E-state index is 0.762. The predicted molar refractivity (Wildman–Crippen MR) is 26.7 cm³/mol. The van der Waals surface area contributed by atoms with Gasteiger partial charge < -0.3 is 5.31 Å². The highest BCUT2D eigenvalue weighted by Crippen LogP contribution is 2.03. The smallest absolute Gasteiger partial charge is 0.122 e. The molecule has 1 atom stereocenters. The second kappa shape index (κ2) is 1.61. The summed E-state index contributed by atoms with van der Waals surface area (Å²) in [5, 5.41) is 1.63. The molecule has 1 N–H and O–H groups in total. The van der Waals surface area contributed by atoms with Crippen molar-refractivity contribution >= 4 is 0 Å². The molecule has 1 aliphatic rings. The van der Waals surface area contributed by atoms with Crippen LogP contribution in [0.1, 0.15) is 13.3 Å². The van der Waals surface area contributed by atoms with E-state index in [1.807, 2.05) is 0 Å². The minimum atomic E-state index is 0.762. The van der Waals surface area contributed by atoms with Crippen molar-refractivity contribution in [2.24, 2.45) is 5.92 Å². The van der Waals surface area contributed by atoms with Crippen LogP contribution in [-0.4, -0.2) is 13.1 Å². The standard InChI is InChI=1S/C5H11N/c1-5-2-3-6-4-5/h5-6H,2-4H2,1H3/i/hT. The Morgan fingerprint density at radius 3 is 3.00 bits per heavy atom. The molecule has 1 heterocycles. The van der Waals surface area contributed by atoms with Gasteiger partial charge >= 0.3 is 0 Å². The van der Waals surface area contributed by atoms with Crippen molar-refractivity contribution in [1.29, 1.82) is 0 Å². The number of hydrogen-bond donors (Lipinski definition) is 1. The van der Waals surface area contributed by atoms with Crippen LogP contribution in [0.3, 0.4) is 0 Å². The number of rotatable bonds is 0. The molecule has 6 heavy (non-hydrogen) atoms. The fraction of sp³-hybridized carbons (Fsp3) is 1.00. The van der Waals surface area contributed by atoms with Gasteiger partial charge in [0.05, 0.1) is 0 Å². The summed E-state index contributed by atoms with van der Waals surface area (Å²) in [4.78, 5) is 0.